The molecule has 1 unspecified atom stereocenters. The summed E-state index contributed by atoms with van der Waals surface area (Å²) in [7, 11) is 0. The third-order valence-electron chi connectivity index (χ3n) is 1.79. The highest BCUT2D eigenvalue weighted by Crippen LogP contribution is 2.24. The van der Waals surface area contributed by atoms with Gasteiger partial charge in [-0.15, -0.1) is 13.2 Å². The average molecular weight is 209 g/mol. The van der Waals surface area contributed by atoms with Gasteiger partial charge in [0.15, 0.2) is 0 Å². The first-order valence-corrected chi connectivity index (χ1v) is 3.86. The number of aromatic nitrogens is 2. The van der Waals surface area contributed by atoms with E-state index in [4.69, 9.17) is 10.8 Å². The van der Waals surface area contributed by atoms with Gasteiger partial charge < -0.3 is 10.8 Å². The van der Waals surface area contributed by atoms with E-state index in [2.05, 4.69) is 5.10 Å². The molecule has 0 aromatic carbocycles. The van der Waals surface area contributed by atoms with Gasteiger partial charge in [-0.1, -0.05) is 0 Å². The number of nitrogens with two attached hydrogens (primary N) is 1. The molecule has 0 bridgehead atoms. The van der Waals surface area contributed by atoms with Crippen LogP contribution in [-0.2, 0) is 6.30 Å². The topological polar surface area (TPSA) is 64.1 Å². The zero-order valence-corrected chi connectivity index (χ0v) is 7.41. The predicted octanol–water partition coefficient (Wildman–Crippen LogP) is 0.660. The molecular formula is C7H10F3N3O. The fourth-order valence-electron chi connectivity index (χ4n) is 1.07. The minimum absolute atomic E-state index is 0.118. The summed E-state index contributed by atoms with van der Waals surface area (Å²) < 4.78 is 36.3. The van der Waals surface area contributed by atoms with Crippen LogP contribution in [0.15, 0.2) is 6.20 Å². The monoisotopic (exact) mass is 209 g/mol. The van der Waals surface area contributed by atoms with Crippen molar-refractivity contribution in [1.82, 2.24) is 9.78 Å². The van der Waals surface area contributed by atoms with Crippen LogP contribution in [0.5, 0.6) is 0 Å². The second-order valence-electron chi connectivity index (χ2n) is 2.87. The molecule has 0 fully saturated rings. The van der Waals surface area contributed by atoms with Crippen molar-refractivity contribution < 1.29 is 18.3 Å². The second-order valence-corrected chi connectivity index (χ2v) is 2.87. The average Bonchev–Trinajstić information content (AvgIpc) is 2.45. The van der Waals surface area contributed by atoms with Crippen molar-refractivity contribution in [2.45, 2.75) is 19.3 Å². The van der Waals surface area contributed by atoms with Crippen molar-refractivity contribution >= 4 is 0 Å². The zero-order valence-electron chi connectivity index (χ0n) is 7.41. The van der Waals surface area contributed by atoms with E-state index in [-0.39, 0.29) is 15.9 Å². The van der Waals surface area contributed by atoms with Crippen molar-refractivity contribution in [2.75, 3.05) is 6.61 Å². The van der Waals surface area contributed by atoms with Crippen LogP contribution in [0.4, 0.5) is 13.2 Å². The summed E-state index contributed by atoms with van der Waals surface area (Å²) in [4.78, 5) is 0. The van der Waals surface area contributed by atoms with Crippen LogP contribution < -0.4 is 5.73 Å². The van der Waals surface area contributed by atoms with Crippen LogP contribution >= 0.6 is 0 Å². The molecule has 14 heavy (non-hydrogen) atoms. The third kappa shape index (κ3) is 2.05. The molecule has 1 atom stereocenters. The molecule has 7 heteroatoms. The van der Waals surface area contributed by atoms with Crippen molar-refractivity contribution in [3.05, 3.63) is 17.5 Å². The van der Waals surface area contributed by atoms with Crippen LogP contribution in [0.1, 0.15) is 17.3 Å². The highest BCUT2D eigenvalue weighted by atomic mass is 19.4. The number of alkyl halides is 3. The molecule has 1 aromatic rings. The van der Waals surface area contributed by atoms with Crippen molar-refractivity contribution in [1.29, 1.82) is 0 Å². The van der Waals surface area contributed by atoms with E-state index < -0.39 is 18.9 Å². The van der Waals surface area contributed by atoms with Gasteiger partial charge in [-0.2, -0.15) is 9.78 Å². The molecule has 4 nitrogen and oxygen atoms in total. The molecule has 1 rings (SSSR count). The summed E-state index contributed by atoms with van der Waals surface area (Å²) in [5, 5.41) is 11.9. The maximum Gasteiger partial charge on any atom is 0.504 e. The van der Waals surface area contributed by atoms with E-state index in [0.717, 1.165) is 6.20 Å². The molecule has 0 aliphatic rings. The van der Waals surface area contributed by atoms with E-state index in [9.17, 15) is 13.2 Å². The number of hydrogen-bond acceptors (Lipinski definition) is 3. The Bertz CT molecular complexity index is 320. The van der Waals surface area contributed by atoms with Gasteiger partial charge in [-0.3, -0.25) is 0 Å². The molecule has 0 spiro atoms. The van der Waals surface area contributed by atoms with E-state index in [1.54, 1.807) is 0 Å². The molecule has 0 saturated carbocycles. The highest BCUT2D eigenvalue weighted by molar-refractivity contribution is 5.19. The fourth-order valence-corrected chi connectivity index (χ4v) is 1.07. The Morgan fingerprint density at radius 1 is 1.64 bits per heavy atom. The summed E-state index contributed by atoms with van der Waals surface area (Å²) in [6.07, 6.45) is -3.76. The van der Waals surface area contributed by atoms with E-state index in [1.165, 1.54) is 6.92 Å². The zero-order chi connectivity index (χ0) is 10.9. The van der Waals surface area contributed by atoms with Gasteiger partial charge in [0.1, 0.15) is 0 Å². The van der Waals surface area contributed by atoms with Gasteiger partial charge in [0.2, 0.25) is 0 Å². The van der Waals surface area contributed by atoms with Crippen LogP contribution in [0.25, 0.3) is 0 Å². The number of hydrogen-bond donors (Lipinski definition) is 2. The Kier molecular flexibility index (Phi) is 2.81. The molecule has 0 amide bonds. The third-order valence-corrected chi connectivity index (χ3v) is 1.79. The Labute approximate surface area is 78.1 Å². The molecular weight excluding hydrogens is 199 g/mol. The highest BCUT2D eigenvalue weighted by Gasteiger charge is 2.32. The van der Waals surface area contributed by atoms with Crippen LogP contribution in [0.2, 0.25) is 0 Å². The van der Waals surface area contributed by atoms with Crippen molar-refractivity contribution in [2.24, 2.45) is 5.73 Å². The van der Waals surface area contributed by atoms with Crippen LogP contribution in [0.3, 0.4) is 0 Å². The smallest absolute Gasteiger partial charge is 0.394 e. The minimum Gasteiger partial charge on any atom is -0.394 e. The maximum atomic E-state index is 12.1. The van der Waals surface area contributed by atoms with Crippen molar-refractivity contribution in [3.63, 3.8) is 0 Å². The van der Waals surface area contributed by atoms with Gasteiger partial charge in [0.25, 0.3) is 0 Å². The lowest BCUT2D eigenvalue weighted by atomic mass is 10.1. The number of aliphatic hydroxyl groups is 1. The van der Waals surface area contributed by atoms with E-state index in [1.807, 2.05) is 0 Å². The van der Waals surface area contributed by atoms with Gasteiger partial charge in [0, 0.05) is 11.8 Å². The van der Waals surface area contributed by atoms with Crippen molar-refractivity contribution in [3.8, 4) is 0 Å². The first kappa shape index (κ1) is 11.0. The van der Waals surface area contributed by atoms with Crippen LogP contribution in [0, 0.1) is 6.92 Å². The summed E-state index contributed by atoms with van der Waals surface area (Å²) in [5.74, 6) is 0. The van der Waals surface area contributed by atoms with Gasteiger partial charge in [0.05, 0.1) is 18.3 Å². The Hall–Kier alpha value is -1.08. The van der Waals surface area contributed by atoms with Gasteiger partial charge in [-0.05, 0) is 6.92 Å². The maximum absolute atomic E-state index is 12.1. The number of aliphatic hydroxyl groups excluding tert-OH is 1. The first-order valence-electron chi connectivity index (χ1n) is 3.86. The first-order chi connectivity index (χ1) is 6.36. The lowest BCUT2D eigenvalue weighted by Gasteiger charge is -2.06. The number of nitrogens with zero attached hydrogens (tertiary/aromatic N) is 2. The second kappa shape index (κ2) is 3.58. The molecule has 0 radical (unpaired) electrons. The quantitative estimate of drug-likeness (QED) is 0.752. The van der Waals surface area contributed by atoms with E-state index in [0.29, 0.717) is 0 Å². The molecule has 0 aliphatic heterocycles. The molecule has 3 N–H and O–H groups in total. The molecule has 1 aromatic heterocycles. The Balaban J connectivity index is 3.05. The lowest BCUT2D eigenvalue weighted by Crippen LogP contribution is -2.17. The number of aryl methyl sites for hydroxylation is 1. The minimum atomic E-state index is -4.54. The summed E-state index contributed by atoms with van der Waals surface area (Å²) in [6, 6.07) is -0.828. The number of halogens is 3. The van der Waals surface area contributed by atoms with Gasteiger partial charge in [-0.25, -0.2) is 0 Å². The predicted molar refractivity (Wildman–Crippen MR) is 42.3 cm³/mol. The normalized spacial score (nSPS) is 14.4. The summed E-state index contributed by atoms with van der Waals surface area (Å²) in [5.41, 5.74) is 5.75. The molecule has 1 heterocycles. The molecule has 0 aliphatic carbocycles. The lowest BCUT2D eigenvalue weighted by molar-refractivity contribution is -0.212. The van der Waals surface area contributed by atoms with Gasteiger partial charge >= 0.3 is 6.30 Å². The number of rotatable bonds is 2. The Morgan fingerprint density at radius 2 is 2.21 bits per heavy atom. The standard InChI is InChI=1S/C7H10F3N3O/c1-4-5(6(11)3-14)2-13(12-4)7(8,9)10/h2,6,14H,3,11H2,1H3. The van der Waals surface area contributed by atoms with E-state index >= 15 is 0 Å². The summed E-state index contributed by atoms with van der Waals surface area (Å²) in [6.45, 7) is 0.998. The SMILES string of the molecule is Cc1nn(C(F)(F)F)cc1C(N)CO. The fraction of sp³-hybridized carbons (Fsp3) is 0.571. The molecule has 0 saturated heterocycles. The summed E-state index contributed by atoms with van der Waals surface area (Å²) >= 11 is 0. The largest absolute Gasteiger partial charge is 0.504 e. The molecule has 80 valence electrons. The van der Waals surface area contributed by atoms with Crippen LogP contribution in [-0.4, -0.2) is 21.5 Å². The Morgan fingerprint density at radius 3 is 2.57 bits per heavy atom.